The highest BCUT2D eigenvalue weighted by Crippen LogP contribution is 2.21. The van der Waals surface area contributed by atoms with Crippen molar-refractivity contribution in [2.75, 3.05) is 0 Å². The SMILES string of the molecule is OCc1cc[nH]c1-c1ccccc1. The fourth-order valence-electron chi connectivity index (χ4n) is 1.41. The summed E-state index contributed by atoms with van der Waals surface area (Å²) in [6.45, 7) is 0.0771. The highest BCUT2D eigenvalue weighted by atomic mass is 16.3. The zero-order valence-electron chi connectivity index (χ0n) is 7.20. The van der Waals surface area contributed by atoms with Crippen LogP contribution in [0.25, 0.3) is 11.3 Å². The van der Waals surface area contributed by atoms with Crippen molar-refractivity contribution < 1.29 is 5.11 Å². The van der Waals surface area contributed by atoms with Crippen LogP contribution in [0.15, 0.2) is 42.6 Å². The van der Waals surface area contributed by atoms with Gasteiger partial charge in [0.1, 0.15) is 0 Å². The van der Waals surface area contributed by atoms with Crippen molar-refractivity contribution in [3.8, 4) is 11.3 Å². The lowest BCUT2D eigenvalue weighted by Gasteiger charge is -2.00. The Morgan fingerprint density at radius 3 is 2.54 bits per heavy atom. The molecule has 2 aromatic rings. The van der Waals surface area contributed by atoms with Gasteiger partial charge in [-0.25, -0.2) is 0 Å². The van der Waals surface area contributed by atoms with Crippen molar-refractivity contribution in [3.05, 3.63) is 48.2 Å². The summed E-state index contributed by atoms with van der Waals surface area (Å²) < 4.78 is 0. The van der Waals surface area contributed by atoms with Crippen molar-refractivity contribution >= 4 is 0 Å². The highest BCUT2D eigenvalue weighted by molar-refractivity contribution is 5.63. The van der Waals surface area contributed by atoms with Gasteiger partial charge in [-0.05, 0) is 11.6 Å². The molecule has 2 N–H and O–H groups in total. The van der Waals surface area contributed by atoms with E-state index in [4.69, 9.17) is 5.11 Å². The number of aliphatic hydroxyl groups excluding tert-OH is 1. The molecule has 0 unspecified atom stereocenters. The Balaban J connectivity index is 2.47. The minimum atomic E-state index is 0.0771. The van der Waals surface area contributed by atoms with E-state index in [9.17, 15) is 0 Å². The molecule has 2 heteroatoms. The standard InChI is InChI=1S/C11H11NO/c13-8-10-6-7-12-11(10)9-4-2-1-3-5-9/h1-7,12-13H,8H2. The third-order valence-electron chi connectivity index (χ3n) is 2.07. The Kier molecular flexibility index (Phi) is 2.15. The number of hydrogen-bond donors (Lipinski definition) is 2. The van der Waals surface area contributed by atoms with E-state index in [0.717, 1.165) is 16.8 Å². The summed E-state index contributed by atoms with van der Waals surface area (Å²) >= 11 is 0. The van der Waals surface area contributed by atoms with Crippen LogP contribution in [0.3, 0.4) is 0 Å². The lowest BCUT2D eigenvalue weighted by molar-refractivity contribution is 0.282. The number of benzene rings is 1. The molecule has 0 fully saturated rings. The third-order valence-corrected chi connectivity index (χ3v) is 2.07. The van der Waals surface area contributed by atoms with Crippen LogP contribution in [0.4, 0.5) is 0 Å². The molecule has 0 saturated carbocycles. The average molecular weight is 173 g/mol. The van der Waals surface area contributed by atoms with Gasteiger partial charge in [-0.1, -0.05) is 30.3 Å². The van der Waals surface area contributed by atoms with Crippen LogP contribution >= 0.6 is 0 Å². The molecule has 0 radical (unpaired) electrons. The Hall–Kier alpha value is -1.54. The maximum Gasteiger partial charge on any atom is 0.0702 e. The summed E-state index contributed by atoms with van der Waals surface area (Å²) in [5.74, 6) is 0. The topological polar surface area (TPSA) is 36.0 Å². The first kappa shape index (κ1) is 8.08. The van der Waals surface area contributed by atoms with E-state index in [-0.39, 0.29) is 6.61 Å². The van der Waals surface area contributed by atoms with Crippen LogP contribution in [-0.2, 0) is 6.61 Å². The Bertz CT molecular complexity index is 378. The predicted octanol–water partition coefficient (Wildman–Crippen LogP) is 2.17. The molecule has 1 aromatic heterocycles. The second kappa shape index (κ2) is 3.46. The fraction of sp³-hybridized carbons (Fsp3) is 0.0909. The van der Waals surface area contributed by atoms with Gasteiger partial charge < -0.3 is 10.1 Å². The summed E-state index contributed by atoms with van der Waals surface area (Å²) in [4.78, 5) is 3.11. The molecular formula is C11H11NO. The van der Waals surface area contributed by atoms with Gasteiger partial charge in [0.2, 0.25) is 0 Å². The molecule has 13 heavy (non-hydrogen) atoms. The quantitative estimate of drug-likeness (QED) is 0.717. The molecule has 1 aromatic carbocycles. The highest BCUT2D eigenvalue weighted by Gasteiger charge is 2.03. The Morgan fingerprint density at radius 2 is 1.85 bits per heavy atom. The van der Waals surface area contributed by atoms with E-state index in [1.165, 1.54) is 0 Å². The molecule has 0 bridgehead atoms. The second-order valence-corrected chi connectivity index (χ2v) is 2.90. The number of nitrogens with one attached hydrogen (secondary N) is 1. The van der Waals surface area contributed by atoms with Gasteiger partial charge in [0, 0.05) is 11.8 Å². The van der Waals surface area contributed by atoms with Crippen LogP contribution in [0, 0.1) is 0 Å². The molecule has 66 valence electrons. The van der Waals surface area contributed by atoms with Gasteiger partial charge in [-0.15, -0.1) is 0 Å². The average Bonchev–Trinajstić information content (AvgIpc) is 2.67. The second-order valence-electron chi connectivity index (χ2n) is 2.90. The van der Waals surface area contributed by atoms with Crippen LogP contribution in [-0.4, -0.2) is 10.1 Å². The molecule has 2 nitrogen and oxygen atoms in total. The maximum atomic E-state index is 9.05. The molecule has 0 amide bonds. The summed E-state index contributed by atoms with van der Waals surface area (Å²) in [5.41, 5.74) is 3.05. The first-order valence-corrected chi connectivity index (χ1v) is 4.24. The smallest absolute Gasteiger partial charge is 0.0702 e. The van der Waals surface area contributed by atoms with Gasteiger partial charge in [-0.3, -0.25) is 0 Å². The van der Waals surface area contributed by atoms with Crippen LogP contribution in [0.1, 0.15) is 5.56 Å². The molecule has 0 saturated heterocycles. The molecule has 0 aliphatic rings. The molecule has 0 aliphatic heterocycles. The normalized spacial score (nSPS) is 10.2. The number of aliphatic hydroxyl groups is 1. The van der Waals surface area contributed by atoms with Crippen LogP contribution < -0.4 is 0 Å². The molecule has 2 rings (SSSR count). The lowest BCUT2D eigenvalue weighted by atomic mass is 10.1. The third kappa shape index (κ3) is 1.48. The lowest BCUT2D eigenvalue weighted by Crippen LogP contribution is -1.84. The van der Waals surface area contributed by atoms with Gasteiger partial charge in [0.15, 0.2) is 0 Å². The van der Waals surface area contributed by atoms with Crippen molar-refractivity contribution in [2.24, 2.45) is 0 Å². The minimum Gasteiger partial charge on any atom is -0.392 e. The molecule has 0 spiro atoms. The van der Waals surface area contributed by atoms with Gasteiger partial charge in [0.25, 0.3) is 0 Å². The monoisotopic (exact) mass is 173 g/mol. The first-order chi connectivity index (χ1) is 6.42. The Labute approximate surface area is 76.9 Å². The van der Waals surface area contributed by atoms with Crippen molar-refractivity contribution in [1.29, 1.82) is 0 Å². The number of H-pyrrole nitrogens is 1. The number of aromatic amines is 1. The van der Waals surface area contributed by atoms with E-state index in [1.54, 1.807) is 0 Å². The zero-order valence-corrected chi connectivity index (χ0v) is 7.20. The summed E-state index contributed by atoms with van der Waals surface area (Å²) in [6.07, 6.45) is 1.84. The van der Waals surface area contributed by atoms with Gasteiger partial charge >= 0.3 is 0 Å². The number of hydrogen-bond acceptors (Lipinski definition) is 1. The fourth-order valence-corrected chi connectivity index (χ4v) is 1.41. The van der Waals surface area contributed by atoms with E-state index >= 15 is 0 Å². The van der Waals surface area contributed by atoms with Crippen molar-refractivity contribution in [1.82, 2.24) is 4.98 Å². The zero-order chi connectivity index (χ0) is 9.10. The van der Waals surface area contributed by atoms with E-state index < -0.39 is 0 Å². The largest absolute Gasteiger partial charge is 0.392 e. The summed E-state index contributed by atoms with van der Waals surface area (Å²) in [7, 11) is 0. The Morgan fingerprint density at radius 1 is 1.08 bits per heavy atom. The van der Waals surface area contributed by atoms with Crippen molar-refractivity contribution in [3.63, 3.8) is 0 Å². The summed E-state index contributed by atoms with van der Waals surface area (Å²) in [5, 5.41) is 9.05. The van der Waals surface area contributed by atoms with E-state index in [0.29, 0.717) is 0 Å². The van der Waals surface area contributed by atoms with Gasteiger partial charge in [0.05, 0.1) is 12.3 Å². The number of aromatic nitrogens is 1. The predicted molar refractivity (Wildman–Crippen MR) is 52.2 cm³/mol. The molecule has 1 heterocycles. The first-order valence-electron chi connectivity index (χ1n) is 4.24. The van der Waals surface area contributed by atoms with E-state index in [1.807, 2.05) is 42.6 Å². The summed E-state index contributed by atoms with van der Waals surface area (Å²) in [6, 6.07) is 11.9. The molecule has 0 atom stereocenters. The molecular weight excluding hydrogens is 162 g/mol. The van der Waals surface area contributed by atoms with Crippen molar-refractivity contribution in [2.45, 2.75) is 6.61 Å². The maximum absolute atomic E-state index is 9.05. The van der Waals surface area contributed by atoms with Crippen LogP contribution in [0.2, 0.25) is 0 Å². The van der Waals surface area contributed by atoms with Crippen LogP contribution in [0.5, 0.6) is 0 Å². The number of rotatable bonds is 2. The minimum absolute atomic E-state index is 0.0771. The molecule has 0 aliphatic carbocycles. The van der Waals surface area contributed by atoms with Gasteiger partial charge in [-0.2, -0.15) is 0 Å². The van der Waals surface area contributed by atoms with E-state index in [2.05, 4.69) is 4.98 Å².